The second kappa shape index (κ2) is 6.40. The number of benzene rings is 1. The second-order valence-electron chi connectivity index (χ2n) is 3.71. The van der Waals surface area contributed by atoms with Crippen LogP contribution in [-0.4, -0.2) is 18.4 Å². The van der Waals surface area contributed by atoms with Gasteiger partial charge in [0.1, 0.15) is 11.7 Å². The minimum Gasteiger partial charge on any atom is -0.465 e. The second-order valence-corrected chi connectivity index (χ2v) is 4.12. The number of ketones is 1. The monoisotopic (exact) mass is 254 g/mol. The average Bonchev–Trinajstić information content (AvgIpc) is 2.27. The molecule has 0 aliphatic rings. The number of ether oxygens (including phenoxy) is 1. The van der Waals surface area contributed by atoms with Gasteiger partial charge in [-0.3, -0.25) is 9.59 Å². The first-order valence-corrected chi connectivity index (χ1v) is 5.84. The van der Waals surface area contributed by atoms with Crippen molar-refractivity contribution in [3.63, 3.8) is 0 Å². The van der Waals surface area contributed by atoms with Gasteiger partial charge in [0.05, 0.1) is 6.61 Å². The van der Waals surface area contributed by atoms with Crippen LogP contribution in [0.3, 0.4) is 0 Å². The Hall–Kier alpha value is -1.35. The van der Waals surface area contributed by atoms with Crippen molar-refractivity contribution in [2.24, 2.45) is 5.92 Å². The molecule has 0 saturated heterocycles. The van der Waals surface area contributed by atoms with E-state index in [2.05, 4.69) is 0 Å². The molecule has 0 aromatic heterocycles. The van der Waals surface area contributed by atoms with Crippen molar-refractivity contribution in [2.45, 2.75) is 20.3 Å². The van der Waals surface area contributed by atoms with E-state index in [0.717, 1.165) is 5.56 Å². The molecule has 0 bridgehead atoms. The van der Waals surface area contributed by atoms with E-state index in [0.29, 0.717) is 5.02 Å². The zero-order valence-electron chi connectivity index (χ0n) is 9.90. The third-order valence-corrected chi connectivity index (χ3v) is 2.81. The first kappa shape index (κ1) is 13.7. The van der Waals surface area contributed by atoms with E-state index in [4.69, 9.17) is 16.3 Å². The Morgan fingerprint density at radius 3 is 2.53 bits per heavy atom. The molecule has 0 aliphatic carbocycles. The van der Waals surface area contributed by atoms with Gasteiger partial charge in [0, 0.05) is 5.02 Å². The number of Topliss-reactive ketones (excluding diaryl/α,β-unsaturated/α-hetero) is 1. The van der Waals surface area contributed by atoms with Gasteiger partial charge in [-0.15, -0.1) is 0 Å². The van der Waals surface area contributed by atoms with Crippen LogP contribution in [0.5, 0.6) is 0 Å². The van der Waals surface area contributed by atoms with Gasteiger partial charge < -0.3 is 4.74 Å². The first-order valence-electron chi connectivity index (χ1n) is 5.46. The summed E-state index contributed by atoms with van der Waals surface area (Å²) in [5.74, 6) is -1.46. The minimum atomic E-state index is -0.769. The molecule has 1 aromatic carbocycles. The summed E-state index contributed by atoms with van der Waals surface area (Å²) in [7, 11) is 0. The standard InChI is InChI=1S/C13H15ClO3/c1-3-17-13(16)11(9(2)15)8-10-6-4-5-7-12(10)14/h4-7,11H,3,8H2,1-2H3. The summed E-state index contributed by atoms with van der Waals surface area (Å²) in [6, 6.07) is 7.17. The lowest BCUT2D eigenvalue weighted by Gasteiger charge is -2.13. The summed E-state index contributed by atoms with van der Waals surface area (Å²) in [4.78, 5) is 23.0. The largest absolute Gasteiger partial charge is 0.465 e. The van der Waals surface area contributed by atoms with E-state index in [9.17, 15) is 9.59 Å². The van der Waals surface area contributed by atoms with E-state index in [1.54, 1.807) is 25.1 Å². The zero-order chi connectivity index (χ0) is 12.8. The molecular formula is C13H15ClO3. The molecule has 0 amide bonds. The highest BCUT2D eigenvalue weighted by atomic mass is 35.5. The van der Waals surface area contributed by atoms with E-state index >= 15 is 0 Å². The SMILES string of the molecule is CCOC(=O)C(Cc1ccccc1Cl)C(C)=O. The van der Waals surface area contributed by atoms with Crippen LogP contribution in [-0.2, 0) is 20.7 Å². The lowest BCUT2D eigenvalue weighted by Crippen LogP contribution is -2.26. The van der Waals surface area contributed by atoms with Crippen molar-refractivity contribution < 1.29 is 14.3 Å². The number of esters is 1. The third kappa shape index (κ3) is 3.86. The number of carbonyl (C=O) groups excluding carboxylic acids is 2. The maximum atomic E-state index is 11.6. The lowest BCUT2D eigenvalue weighted by atomic mass is 9.96. The maximum absolute atomic E-state index is 11.6. The van der Waals surface area contributed by atoms with E-state index in [-0.39, 0.29) is 18.8 Å². The van der Waals surface area contributed by atoms with E-state index in [1.807, 2.05) is 6.07 Å². The lowest BCUT2D eigenvalue weighted by molar-refractivity contribution is -0.151. The quantitative estimate of drug-likeness (QED) is 0.599. The first-order chi connectivity index (χ1) is 8.06. The molecule has 0 heterocycles. The van der Waals surface area contributed by atoms with Crippen molar-refractivity contribution in [1.82, 2.24) is 0 Å². The molecule has 4 heteroatoms. The number of hydrogen-bond acceptors (Lipinski definition) is 3. The van der Waals surface area contributed by atoms with Crippen LogP contribution in [0.4, 0.5) is 0 Å². The number of rotatable bonds is 5. The fraction of sp³-hybridized carbons (Fsp3) is 0.385. The summed E-state index contributed by atoms with van der Waals surface area (Å²) in [5.41, 5.74) is 0.780. The van der Waals surface area contributed by atoms with E-state index in [1.165, 1.54) is 6.92 Å². The molecule has 3 nitrogen and oxygen atoms in total. The third-order valence-electron chi connectivity index (χ3n) is 2.44. The molecule has 0 radical (unpaired) electrons. The predicted octanol–water partition coefficient (Wildman–Crippen LogP) is 2.65. The Morgan fingerprint density at radius 2 is 2.00 bits per heavy atom. The maximum Gasteiger partial charge on any atom is 0.316 e. The van der Waals surface area contributed by atoms with Gasteiger partial charge in [-0.05, 0) is 31.9 Å². The molecular weight excluding hydrogens is 240 g/mol. The summed E-state index contributed by atoms with van der Waals surface area (Å²) >= 11 is 5.99. The molecule has 0 N–H and O–H groups in total. The van der Waals surface area contributed by atoms with Crippen LogP contribution in [0.15, 0.2) is 24.3 Å². The zero-order valence-corrected chi connectivity index (χ0v) is 10.7. The van der Waals surface area contributed by atoms with E-state index < -0.39 is 11.9 Å². The molecule has 0 fully saturated rings. The summed E-state index contributed by atoms with van der Waals surface area (Å²) in [6.07, 6.45) is 0.286. The Balaban J connectivity index is 2.84. The Bertz CT molecular complexity index is 415. The molecule has 17 heavy (non-hydrogen) atoms. The van der Waals surface area contributed by atoms with Gasteiger partial charge in [0.25, 0.3) is 0 Å². The molecule has 1 rings (SSSR count). The topological polar surface area (TPSA) is 43.4 Å². The average molecular weight is 255 g/mol. The normalized spacial score (nSPS) is 11.9. The van der Waals surface area contributed by atoms with Crippen molar-refractivity contribution >= 4 is 23.4 Å². The summed E-state index contributed by atoms with van der Waals surface area (Å²) in [5, 5.41) is 0.558. The highest BCUT2D eigenvalue weighted by Crippen LogP contribution is 2.20. The van der Waals surface area contributed by atoms with Crippen molar-refractivity contribution in [1.29, 1.82) is 0 Å². The van der Waals surface area contributed by atoms with Crippen LogP contribution in [0.25, 0.3) is 0 Å². The minimum absolute atomic E-state index is 0.205. The molecule has 0 aliphatic heterocycles. The highest BCUT2D eigenvalue weighted by molar-refractivity contribution is 6.31. The fourth-order valence-corrected chi connectivity index (χ4v) is 1.73. The van der Waals surface area contributed by atoms with Gasteiger partial charge in [0.2, 0.25) is 0 Å². The van der Waals surface area contributed by atoms with Crippen molar-refractivity contribution in [3.8, 4) is 0 Å². The molecule has 1 atom stereocenters. The summed E-state index contributed by atoms with van der Waals surface area (Å²) < 4.78 is 4.87. The van der Waals surface area contributed by atoms with Gasteiger partial charge in [-0.1, -0.05) is 29.8 Å². The fourth-order valence-electron chi connectivity index (χ4n) is 1.52. The molecule has 0 spiro atoms. The Labute approximate surface area is 106 Å². The number of hydrogen-bond donors (Lipinski definition) is 0. The molecule has 92 valence electrons. The van der Waals surface area contributed by atoms with Gasteiger partial charge in [0.15, 0.2) is 0 Å². The number of carbonyl (C=O) groups is 2. The van der Waals surface area contributed by atoms with Crippen molar-refractivity contribution in [2.75, 3.05) is 6.61 Å². The number of halogens is 1. The van der Waals surface area contributed by atoms with Crippen LogP contribution in [0.2, 0.25) is 5.02 Å². The van der Waals surface area contributed by atoms with Crippen LogP contribution < -0.4 is 0 Å². The smallest absolute Gasteiger partial charge is 0.316 e. The van der Waals surface area contributed by atoms with Crippen LogP contribution >= 0.6 is 11.6 Å². The molecule has 1 unspecified atom stereocenters. The van der Waals surface area contributed by atoms with Gasteiger partial charge in [-0.25, -0.2) is 0 Å². The Kier molecular flexibility index (Phi) is 5.16. The van der Waals surface area contributed by atoms with Crippen LogP contribution in [0.1, 0.15) is 19.4 Å². The molecule has 1 aromatic rings. The predicted molar refractivity (Wildman–Crippen MR) is 66.0 cm³/mol. The van der Waals surface area contributed by atoms with Crippen molar-refractivity contribution in [3.05, 3.63) is 34.9 Å². The summed E-state index contributed by atoms with van der Waals surface area (Å²) in [6.45, 7) is 3.37. The van der Waals surface area contributed by atoms with Gasteiger partial charge >= 0.3 is 5.97 Å². The highest BCUT2D eigenvalue weighted by Gasteiger charge is 2.25. The Morgan fingerprint density at radius 1 is 1.35 bits per heavy atom. The van der Waals surface area contributed by atoms with Gasteiger partial charge in [-0.2, -0.15) is 0 Å². The van der Waals surface area contributed by atoms with Crippen LogP contribution in [0, 0.1) is 5.92 Å². The molecule has 0 saturated carbocycles.